The molecule has 0 aliphatic heterocycles. The molecule has 2 rings (SSSR count). The molecule has 0 radical (unpaired) electrons. The summed E-state index contributed by atoms with van der Waals surface area (Å²) in [7, 11) is -4.41. The number of hydrogen-bond acceptors (Lipinski definition) is 3. The molecule has 0 heterocycles. The molecule has 106 valence electrons. The summed E-state index contributed by atoms with van der Waals surface area (Å²) < 4.78 is 33.8. The zero-order valence-corrected chi connectivity index (χ0v) is 12.4. The van der Waals surface area contributed by atoms with Crippen molar-refractivity contribution in [2.75, 3.05) is 0 Å². The van der Waals surface area contributed by atoms with Crippen LogP contribution in [0.25, 0.3) is 0 Å². The molecule has 0 aliphatic carbocycles. The van der Waals surface area contributed by atoms with Gasteiger partial charge in [0.15, 0.2) is 0 Å². The Morgan fingerprint density at radius 3 is 2.10 bits per heavy atom. The first-order valence-electron chi connectivity index (χ1n) is 6.47. The maximum absolute atomic E-state index is 11.3. The smallest absolute Gasteiger partial charge is 0.124 e. The molecule has 0 unspecified atom stereocenters. The minimum Gasteiger partial charge on any atom is -0.744 e. The van der Waals surface area contributed by atoms with Gasteiger partial charge in [0.05, 0.1) is 4.90 Å². The predicted molar refractivity (Wildman–Crippen MR) is 77.7 cm³/mol. The summed E-state index contributed by atoms with van der Waals surface area (Å²) in [6, 6.07) is 12.9. The van der Waals surface area contributed by atoms with Gasteiger partial charge >= 0.3 is 0 Å². The van der Waals surface area contributed by atoms with Gasteiger partial charge in [-0.15, -0.1) is 0 Å². The van der Waals surface area contributed by atoms with Crippen LogP contribution in [0.1, 0.15) is 22.3 Å². The molecule has 0 N–H and O–H groups in total. The van der Waals surface area contributed by atoms with Crippen molar-refractivity contribution in [3.63, 3.8) is 0 Å². The summed E-state index contributed by atoms with van der Waals surface area (Å²) in [6.07, 6.45) is 1.26. The average Bonchev–Trinajstić information content (AvgIpc) is 2.36. The lowest BCUT2D eigenvalue weighted by molar-refractivity contribution is 0.462. The molecule has 20 heavy (non-hydrogen) atoms. The highest BCUT2D eigenvalue weighted by Gasteiger charge is 2.09. The molecular weight excluding hydrogens is 272 g/mol. The fraction of sp³-hybridized carbons (Fsp3) is 0.250. The van der Waals surface area contributed by atoms with Gasteiger partial charge in [0.2, 0.25) is 0 Å². The van der Waals surface area contributed by atoms with E-state index >= 15 is 0 Å². The second-order valence-electron chi connectivity index (χ2n) is 5.05. The van der Waals surface area contributed by atoms with E-state index in [0.29, 0.717) is 18.4 Å². The summed E-state index contributed by atoms with van der Waals surface area (Å²) in [6.45, 7) is 3.91. The molecule has 0 bridgehead atoms. The van der Waals surface area contributed by atoms with Crippen LogP contribution in [-0.2, 0) is 23.0 Å². The summed E-state index contributed by atoms with van der Waals surface area (Å²) >= 11 is 0. The normalized spacial score (nSPS) is 11.6. The van der Waals surface area contributed by atoms with Gasteiger partial charge < -0.3 is 4.55 Å². The van der Waals surface area contributed by atoms with Gasteiger partial charge in [-0.3, -0.25) is 0 Å². The van der Waals surface area contributed by atoms with E-state index in [1.165, 1.54) is 11.6 Å². The zero-order valence-electron chi connectivity index (χ0n) is 11.6. The van der Waals surface area contributed by atoms with E-state index in [0.717, 1.165) is 11.1 Å². The van der Waals surface area contributed by atoms with Crippen molar-refractivity contribution in [2.24, 2.45) is 0 Å². The molecular formula is C16H17O3S-. The minimum atomic E-state index is -4.41. The van der Waals surface area contributed by atoms with Crippen LogP contribution in [0.5, 0.6) is 0 Å². The Labute approximate surface area is 120 Å². The number of aryl methyl sites for hydroxylation is 4. The first-order chi connectivity index (χ1) is 9.36. The third-order valence-electron chi connectivity index (χ3n) is 3.29. The molecule has 2 aromatic carbocycles. The van der Waals surface area contributed by atoms with Crippen LogP contribution in [0.2, 0.25) is 0 Å². The first-order valence-corrected chi connectivity index (χ1v) is 7.88. The maximum atomic E-state index is 11.3. The number of benzene rings is 2. The summed E-state index contributed by atoms with van der Waals surface area (Å²) in [4.78, 5) is -0.102. The van der Waals surface area contributed by atoms with Gasteiger partial charge in [0, 0.05) is 0 Å². The number of hydrogen-bond donors (Lipinski definition) is 0. The second-order valence-corrected chi connectivity index (χ2v) is 6.40. The molecule has 3 nitrogen and oxygen atoms in total. The monoisotopic (exact) mass is 289 g/mol. The third-order valence-corrected chi connectivity index (χ3v) is 4.23. The van der Waals surface area contributed by atoms with Gasteiger partial charge in [-0.05, 0) is 43.9 Å². The summed E-state index contributed by atoms with van der Waals surface area (Å²) in [5, 5.41) is 0. The van der Waals surface area contributed by atoms with E-state index in [4.69, 9.17) is 0 Å². The van der Waals surface area contributed by atoms with Crippen molar-refractivity contribution < 1.29 is 13.0 Å². The maximum Gasteiger partial charge on any atom is 0.124 e. The standard InChI is InChI=1S/C16H18O3S/c1-12-3-6-14(7-4-12)8-9-15-11-13(2)5-10-16(15)20(17,18)19/h3-7,10-11H,8-9H2,1-2H3,(H,17,18,19)/p-1. The zero-order chi connectivity index (χ0) is 14.8. The largest absolute Gasteiger partial charge is 0.744 e. The molecule has 0 saturated heterocycles. The van der Waals surface area contributed by atoms with Gasteiger partial charge in [0.25, 0.3) is 0 Å². The Kier molecular flexibility index (Phi) is 4.26. The lowest BCUT2D eigenvalue weighted by atomic mass is 10.0. The quantitative estimate of drug-likeness (QED) is 0.813. The van der Waals surface area contributed by atoms with Crippen molar-refractivity contribution in [1.82, 2.24) is 0 Å². The van der Waals surface area contributed by atoms with Crippen LogP contribution in [0.3, 0.4) is 0 Å². The molecule has 0 aliphatic rings. The van der Waals surface area contributed by atoms with Crippen molar-refractivity contribution in [3.8, 4) is 0 Å². The Hall–Kier alpha value is -1.65. The third kappa shape index (κ3) is 3.68. The predicted octanol–water partition coefficient (Wildman–Crippen LogP) is 2.99. The van der Waals surface area contributed by atoms with E-state index in [1.54, 1.807) is 12.1 Å². The van der Waals surface area contributed by atoms with Crippen LogP contribution >= 0.6 is 0 Å². The first kappa shape index (κ1) is 14.8. The highest BCUT2D eigenvalue weighted by atomic mass is 32.2. The molecule has 0 aromatic heterocycles. The SMILES string of the molecule is Cc1ccc(CCc2cc(C)ccc2S(=O)(=O)[O-])cc1. The van der Waals surface area contributed by atoms with Crippen molar-refractivity contribution in [3.05, 3.63) is 64.7 Å². The Morgan fingerprint density at radius 2 is 1.50 bits per heavy atom. The van der Waals surface area contributed by atoms with Crippen molar-refractivity contribution >= 4 is 10.1 Å². The highest BCUT2D eigenvalue weighted by Crippen LogP contribution is 2.19. The van der Waals surface area contributed by atoms with Crippen LogP contribution < -0.4 is 0 Å². The number of rotatable bonds is 4. The topological polar surface area (TPSA) is 57.2 Å². The van der Waals surface area contributed by atoms with E-state index in [1.807, 2.05) is 38.1 Å². The van der Waals surface area contributed by atoms with Gasteiger partial charge in [-0.2, -0.15) is 0 Å². The van der Waals surface area contributed by atoms with E-state index in [2.05, 4.69) is 0 Å². The molecule has 0 fully saturated rings. The van der Waals surface area contributed by atoms with Crippen LogP contribution in [0, 0.1) is 13.8 Å². The molecule has 2 aromatic rings. The van der Waals surface area contributed by atoms with Gasteiger partial charge in [-0.25, -0.2) is 8.42 Å². The van der Waals surface area contributed by atoms with Crippen LogP contribution in [-0.4, -0.2) is 13.0 Å². The average molecular weight is 289 g/mol. The summed E-state index contributed by atoms with van der Waals surface area (Å²) in [5.74, 6) is 0. The molecule has 0 saturated carbocycles. The Morgan fingerprint density at radius 1 is 0.900 bits per heavy atom. The van der Waals surface area contributed by atoms with Crippen molar-refractivity contribution in [2.45, 2.75) is 31.6 Å². The molecule has 0 spiro atoms. The van der Waals surface area contributed by atoms with E-state index in [9.17, 15) is 13.0 Å². The van der Waals surface area contributed by atoms with Gasteiger partial charge in [0.1, 0.15) is 10.1 Å². The second kappa shape index (κ2) is 5.77. The Bertz CT molecular complexity index is 701. The fourth-order valence-corrected chi connectivity index (χ4v) is 2.90. The fourth-order valence-electron chi connectivity index (χ4n) is 2.18. The van der Waals surface area contributed by atoms with Crippen LogP contribution in [0.4, 0.5) is 0 Å². The Balaban J connectivity index is 2.25. The van der Waals surface area contributed by atoms with E-state index in [-0.39, 0.29) is 4.90 Å². The minimum absolute atomic E-state index is 0.102. The van der Waals surface area contributed by atoms with Gasteiger partial charge in [-0.1, -0.05) is 47.5 Å². The molecule has 4 heteroatoms. The highest BCUT2D eigenvalue weighted by molar-refractivity contribution is 7.85. The lowest BCUT2D eigenvalue weighted by Crippen LogP contribution is -2.05. The van der Waals surface area contributed by atoms with Crippen LogP contribution in [0.15, 0.2) is 47.4 Å². The molecule has 0 amide bonds. The van der Waals surface area contributed by atoms with Crippen molar-refractivity contribution in [1.29, 1.82) is 0 Å². The summed E-state index contributed by atoms with van der Waals surface area (Å²) in [5.41, 5.74) is 3.87. The molecule has 0 atom stereocenters. The lowest BCUT2D eigenvalue weighted by Gasteiger charge is -2.14. The van der Waals surface area contributed by atoms with E-state index < -0.39 is 10.1 Å².